The molecule has 3 aromatic rings. The Balaban J connectivity index is 1.47. The van der Waals surface area contributed by atoms with Gasteiger partial charge in [0, 0.05) is 10.2 Å². The van der Waals surface area contributed by atoms with Gasteiger partial charge in [-0.1, -0.05) is 63.7 Å². The molecule has 3 aromatic carbocycles. The van der Waals surface area contributed by atoms with Gasteiger partial charge in [0.15, 0.2) is 22.4 Å². The molecule has 6 nitrogen and oxygen atoms in total. The smallest absolute Gasteiger partial charge is 0.270 e. The van der Waals surface area contributed by atoms with E-state index in [0.717, 1.165) is 21.3 Å². The zero-order valence-electron chi connectivity index (χ0n) is 19.6. The van der Waals surface area contributed by atoms with E-state index in [9.17, 15) is 9.59 Å². The van der Waals surface area contributed by atoms with Crippen molar-refractivity contribution in [2.75, 3.05) is 23.4 Å². The molecular weight excluding hydrogens is 560 g/mol. The average molecular weight is 584 g/mol. The minimum atomic E-state index is -0.288. The Morgan fingerprint density at radius 1 is 1.06 bits per heavy atom. The quantitative estimate of drug-likeness (QED) is 0.239. The Hall–Kier alpha value is -3.14. The summed E-state index contributed by atoms with van der Waals surface area (Å²) in [6, 6.07) is 20.3. The van der Waals surface area contributed by atoms with Crippen LogP contribution in [0, 0.1) is 6.92 Å². The Bertz CT molecular complexity index is 1320. The molecule has 0 radical (unpaired) electrons. The number of carbonyl (C=O) groups is 2. The van der Waals surface area contributed by atoms with Crippen LogP contribution in [0.2, 0.25) is 0 Å². The Kier molecular flexibility index (Phi) is 8.45. The van der Waals surface area contributed by atoms with Crippen molar-refractivity contribution in [3.8, 4) is 11.5 Å². The third-order valence-corrected chi connectivity index (χ3v) is 6.97. The first-order valence-electron chi connectivity index (χ1n) is 11.1. The monoisotopic (exact) mass is 582 g/mol. The van der Waals surface area contributed by atoms with Gasteiger partial charge in [-0.05, 0) is 74.0 Å². The van der Waals surface area contributed by atoms with Gasteiger partial charge in [0.25, 0.3) is 11.8 Å². The molecule has 0 atom stereocenters. The summed E-state index contributed by atoms with van der Waals surface area (Å²) < 4.78 is 12.9. The number of halogens is 1. The van der Waals surface area contributed by atoms with Crippen LogP contribution in [0.15, 0.2) is 76.1 Å². The highest BCUT2D eigenvalue weighted by atomic mass is 79.9. The van der Waals surface area contributed by atoms with Crippen molar-refractivity contribution in [3.63, 3.8) is 0 Å². The maximum atomic E-state index is 13.1. The van der Waals surface area contributed by atoms with Crippen LogP contribution in [0.1, 0.15) is 18.1 Å². The largest absolute Gasteiger partial charge is 0.490 e. The second-order valence-corrected chi connectivity index (χ2v) is 10.4. The summed E-state index contributed by atoms with van der Waals surface area (Å²) >= 11 is 10.1. The molecule has 0 unspecified atom stereocenters. The molecule has 1 aliphatic heterocycles. The molecule has 0 saturated carbocycles. The van der Waals surface area contributed by atoms with Gasteiger partial charge in [-0.3, -0.25) is 14.5 Å². The van der Waals surface area contributed by atoms with Gasteiger partial charge >= 0.3 is 0 Å². The second kappa shape index (κ2) is 11.7. The van der Waals surface area contributed by atoms with E-state index in [1.54, 1.807) is 30.3 Å². The number of carbonyl (C=O) groups excluding carboxylic acids is 2. The second-order valence-electron chi connectivity index (χ2n) is 7.84. The molecule has 9 heteroatoms. The first kappa shape index (κ1) is 25.9. The molecule has 1 saturated heterocycles. The van der Waals surface area contributed by atoms with Crippen molar-refractivity contribution in [3.05, 3.63) is 87.2 Å². The zero-order valence-corrected chi connectivity index (χ0v) is 22.8. The standard InChI is InChI=1S/C27H23BrN2O4S2/c1-3-33-23-14-18(6-13-22(23)34-16-25(31)29-20-9-7-19(28)8-10-20)15-24-26(32)30(27(35)36-24)21-11-4-17(2)5-12-21/h4-15H,3,16H2,1-2H3,(H,29,31)/b24-15-. The number of anilines is 2. The van der Waals surface area contributed by atoms with Gasteiger partial charge in [0.05, 0.1) is 17.2 Å². The summed E-state index contributed by atoms with van der Waals surface area (Å²) in [5.74, 6) is 0.462. The van der Waals surface area contributed by atoms with E-state index in [1.807, 2.05) is 56.3 Å². The summed E-state index contributed by atoms with van der Waals surface area (Å²) in [5, 5.41) is 2.79. The third kappa shape index (κ3) is 6.34. The van der Waals surface area contributed by atoms with Gasteiger partial charge in [-0.25, -0.2) is 0 Å². The summed E-state index contributed by atoms with van der Waals surface area (Å²) in [7, 11) is 0. The SMILES string of the molecule is CCOc1cc(/C=C2\SC(=S)N(c3ccc(C)cc3)C2=O)ccc1OCC(=O)Nc1ccc(Br)cc1. The lowest BCUT2D eigenvalue weighted by Crippen LogP contribution is -2.27. The van der Waals surface area contributed by atoms with Gasteiger partial charge in [-0.15, -0.1) is 0 Å². The van der Waals surface area contributed by atoms with E-state index in [2.05, 4.69) is 21.2 Å². The van der Waals surface area contributed by atoms with E-state index < -0.39 is 0 Å². The van der Waals surface area contributed by atoms with Gasteiger partial charge in [-0.2, -0.15) is 0 Å². The molecule has 0 bridgehead atoms. The number of nitrogens with one attached hydrogen (secondary N) is 1. The van der Waals surface area contributed by atoms with Gasteiger partial charge < -0.3 is 14.8 Å². The fraction of sp³-hybridized carbons (Fsp3) is 0.148. The molecule has 1 heterocycles. The lowest BCUT2D eigenvalue weighted by Gasteiger charge is -2.14. The fourth-order valence-corrected chi connectivity index (χ4v) is 4.97. The predicted octanol–water partition coefficient (Wildman–Crippen LogP) is 6.58. The van der Waals surface area contributed by atoms with Crippen molar-refractivity contribution in [2.45, 2.75) is 13.8 Å². The number of rotatable bonds is 8. The number of hydrogen-bond acceptors (Lipinski definition) is 6. The lowest BCUT2D eigenvalue weighted by atomic mass is 10.1. The van der Waals surface area contributed by atoms with Gasteiger partial charge in [0.1, 0.15) is 0 Å². The minimum absolute atomic E-state index is 0.170. The zero-order chi connectivity index (χ0) is 25.7. The van der Waals surface area contributed by atoms with Crippen molar-refractivity contribution in [2.24, 2.45) is 0 Å². The highest BCUT2D eigenvalue weighted by molar-refractivity contribution is 9.10. The molecule has 0 aliphatic carbocycles. The van der Waals surface area contributed by atoms with E-state index in [1.165, 1.54) is 16.7 Å². The summed E-state index contributed by atoms with van der Waals surface area (Å²) in [5.41, 5.74) is 3.28. The number of aryl methyl sites for hydroxylation is 1. The highest BCUT2D eigenvalue weighted by Gasteiger charge is 2.33. The number of amides is 2. The lowest BCUT2D eigenvalue weighted by molar-refractivity contribution is -0.118. The molecule has 0 spiro atoms. The van der Waals surface area contributed by atoms with Crippen LogP contribution >= 0.6 is 39.9 Å². The Labute approximate surface area is 227 Å². The van der Waals surface area contributed by atoms with E-state index >= 15 is 0 Å². The topological polar surface area (TPSA) is 67.9 Å². The average Bonchev–Trinajstić information content (AvgIpc) is 3.13. The molecule has 2 amide bonds. The van der Waals surface area contributed by atoms with E-state index in [4.69, 9.17) is 21.7 Å². The van der Waals surface area contributed by atoms with Crippen LogP contribution in [0.25, 0.3) is 6.08 Å². The minimum Gasteiger partial charge on any atom is -0.490 e. The molecule has 0 aromatic heterocycles. The Morgan fingerprint density at radius 2 is 1.78 bits per heavy atom. The molecule has 4 rings (SSSR count). The van der Waals surface area contributed by atoms with Crippen LogP contribution in [-0.2, 0) is 9.59 Å². The molecule has 1 fully saturated rings. The van der Waals surface area contributed by atoms with Crippen molar-refractivity contribution < 1.29 is 19.1 Å². The Morgan fingerprint density at radius 3 is 2.47 bits per heavy atom. The number of thioether (sulfide) groups is 1. The first-order chi connectivity index (χ1) is 17.3. The summed E-state index contributed by atoms with van der Waals surface area (Å²) in [6.45, 7) is 4.10. The van der Waals surface area contributed by atoms with Crippen LogP contribution in [0.5, 0.6) is 11.5 Å². The maximum Gasteiger partial charge on any atom is 0.270 e. The van der Waals surface area contributed by atoms with Crippen LogP contribution < -0.4 is 19.7 Å². The van der Waals surface area contributed by atoms with Crippen LogP contribution in [-0.4, -0.2) is 29.3 Å². The normalized spacial score (nSPS) is 14.3. The van der Waals surface area contributed by atoms with Crippen molar-refractivity contribution >= 4 is 73.5 Å². The molecule has 1 N–H and O–H groups in total. The molecule has 1 aliphatic rings. The highest BCUT2D eigenvalue weighted by Crippen LogP contribution is 2.37. The molecule has 36 heavy (non-hydrogen) atoms. The third-order valence-electron chi connectivity index (χ3n) is 5.14. The number of thiocarbonyl (C=S) groups is 1. The summed E-state index contributed by atoms with van der Waals surface area (Å²) in [6.07, 6.45) is 1.78. The van der Waals surface area contributed by atoms with Crippen molar-refractivity contribution in [1.29, 1.82) is 0 Å². The van der Waals surface area contributed by atoms with E-state index in [0.29, 0.717) is 33.0 Å². The van der Waals surface area contributed by atoms with Crippen molar-refractivity contribution in [1.82, 2.24) is 0 Å². The van der Waals surface area contributed by atoms with Crippen LogP contribution in [0.4, 0.5) is 11.4 Å². The van der Waals surface area contributed by atoms with Gasteiger partial charge in [0.2, 0.25) is 0 Å². The van der Waals surface area contributed by atoms with E-state index in [-0.39, 0.29) is 18.4 Å². The summed E-state index contributed by atoms with van der Waals surface area (Å²) in [4.78, 5) is 27.4. The van der Waals surface area contributed by atoms with Crippen LogP contribution in [0.3, 0.4) is 0 Å². The predicted molar refractivity (Wildman–Crippen MR) is 153 cm³/mol. The number of ether oxygens (including phenoxy) is 2. The molecule has 184 valence electrons. The fourth-order valence-electron chi connectivity index (χ4n) is 3.41. The number of hydrogen-bond donors (Lipinski definition) is 1. The number of benzene rings is 3. The first-order valence-corrected chi connectivity index (χ1v) is 13.2. The maximum absolute atomic E-state index is 13.1. The number of nitrogens with zero attached hydrogens (tertiary/aromatic N) is 1. The molecular formula is C27H23BrN2O4S2.